The lowest BCUT2D eigenvalue weighted by Gasteiger charge is -2.31. The van der Waals surface area contributed by atoms with Crippen LogP contribution in [0.1, 0.15) is 39.1 Å². The van der Waals surface area contributed by atoms with Crippen LogP contribution in [-0.2, 0) is 0 Å². The van der Waals surface area contributed by atoms with Gasteiger partial charge in [0.1, 0.15) is 11.8 Å². The van der Waals surface area contributed by atoms with E-state index in [2.05, 4.69) is 11.0 Å². The van der Waals surface area contributed by atoms with Crippen molar-refractivity contribution in [3.8, 4) is 11.8 Å². The summed E-state index contributed by atoms with van der Waals surface area (Å²) in [6.45, 7) is 2.37. The molecule has 0 aromatic heterocycles. The van der Waals surface area contributed by atoms with E-state index in [4.69, 9.17) is 4.74 Å². The highest BCUT2D eigenvalue weighted by atomic mass is 16.5. The van der Waals surface area contributed by atoms with Crippen molar-refractivity contribution >= 4 is 5.91 Å². The van der Waals surface area contributed by atoms with Gasteiger partial charge in [-0.05, 0) is 44.3 Å². The van der Waals surface area contributed by atoms with Crippen LogP contribution in [0, 0.1) is 18.3 Å². The van der Waals surface area contributed by atoms with Crippen LogP contribution in [0.2, 0.25) is 0 Å². The minimum Gasteiger partial charge on any atom is -0.497 e. The monoisotopic (exact) mass is 349 g/mol. The lowest BCUT2D eigenvalue weighted by Crippen LogP contribution is -2.37. The number of carbonyl (C=O) groups excluding carboxylic acids is 1. The zero-order chi connectivity index (χ0) is 18.8. The van der Waals surface area contributed by atoms with Crippen molar-refractivity contribution in [2.75, 3.05) is 27.7 Å². The third kappa shape index (κ3) is 3.04. The maximum absolute atomic E-state index is 13.0. The predicted molar refractivity (Wildman–Crippen MR) is 100.0 cm³/mol. The SMILES string of the molecule is COc1ccc(C(CN2C(=O)c3c(C)cccc3C2C#N)N(C)C)cc1. The fraction of sp³-hybridized carbons (Fsp3) is 0.333. The van der Waals surface area contributed by atoms with E-state index in [9.17, 15) is 10.1 Å². The molecule has 0 spiro atoms. The molecule has 1 amide bonds. The molecule has 0 fully saturated rings. The molecule has 0 bridgehead atoms. The number of methoxy groups -OCH3 is 1. The number of aryl methyl sites for hydroxylation is 1. The van der Waals surface area contributed by atoms with E-state index >= 15 is 0 Å². The molecule has 0 aliphatic carbocycles. The van der Waals surface area contributed by atoms with Crippen LogP contribution in [0.4, 0.5) is 0 Å². The molecule has 2 unspecified atom stereocenters. The second kappa shape index (κ2) is 7.19. The van der Waals surface area contributed by atoms with Gasteiger partial charge in [0.25, 0.3) is 5.91 Å². The number of rotatable bonds is 5. The van der Waals surface area contributed by atoms with Gasteiger partial charge in [-0.25, -0.2) is 0 Å². The normalized spacial score (nSPS) is 17.2. The van der Waals surface area contributed by atoms with E-state index in [0.29, 0.717) is 12.1 Å². The Morgan fingerprint density at radius 3 is 2.50 bits per heavy atom. The summed E-state index contributed by atoms with van der Waals surface area (Å²) >= 11 is 0. The van der Waals surface area contributed by atoms with Gasteiger partial charge >= 0.3 is 0 Å². The molecule has 26 heavy (non-hydrogen) atoms. The van der Waals surface area contributed by atoms with Crippen LogP contribution in [0.5, 0.6) is 5.75 Å². The molecule has 1 aliphatic heterocycles. The summed E-state index contributed by atoms with van der Waals surface area (Å²) in [6, 6.07) is 15.3. The van der Waals surface area contributed by atoms with E-state index in [1.165, 1.54) is 0 Å². The van der Waals surface area contributed by atoms with Crippen LogP contribution >= 0.6 is 0 Å². The number of hydrogen-bond donors (Lipinski definition) is 0. The summed E-state index contributed by atoms with van der Waals surface area (Å²) in [6.07, 6.45) is 0. The molecule has 3 rings (SSSR count). The zero-order valence-electron chi connectivity index (χ0n) is 15.6. The Morgan fingerprint density at radius 2 is 1.92 bits per heavy atom. The minimum atomic E-state index is -0.543. The highest BCUT2D eigenvalue weighted by Crippen LogP contribution is 2.37. The van der Waals surface area contributed by atoms with E-state index in [-0.39, 0.29) is 11.9 Å². The Bertz CT molecular complexity index is 853. The second-order valence-electron chi connectivity index (χ2n) is 6.78. The first kappa shape index (κ1) is 18.0. The standard InChI is InChI=1S/C21H23N3O2/c1-14-6-5-7-17-18(12-22)24(21(25)20(14)17)13-19(23(2)3)15-8-10-16(26-4)11-9-15/h5-11,18-19H,13H2,1-4H3. The van der Waals surface area contributed by atoms with Gasteiger partial charge in [0.05, 0.1) is 19.2 Å². The van der Waals surface area contributed by atoms with E-state index < -0.39 is 6.04 Å². The Kier molecular flexibility index (Phi) is 4.97. The van der Waals surface area contributed by atoms with Crippen molar-refractivity contribution < 1.29 is 9.53 Å². The third-order valence-corrected chi connectivity index (χ3v) is 5.00. The van der Waals surface area contributed by atoms with Gasteiger partial charge in [0, 0.05) is 17.7 Å². The summed E-state index contributed by atoms with van der Waals surface area (Å²) in [5.41, 5.74) is 3.48. The zero-order valence-corrected chi connectivity index (χ0v) is 15.6. The number of carbonyl (C=O) groups is 1. The molecule has 134 valence electrons. The third-order valence-electron chi connectivity index (χ3n) is 5.00. The number of hydrogen-bond acceptors (Lipinski definition) is 4. The number of fused-ring (bicyclic) bond motifs is 1. The van der Waals surface area contributed by atoms with Crippen molar-refractivity contribution in [3.05, 3.63) is 64.7 Å². The molecule has 1 heterocycles. The number of nitriles is 1. The Hall–Kier alpha value is -2.84. The van der Waals surface area contributed by atoms with Crippen molar-refractivity contribution in [3.63, 3.8) is 0 Å². The van der Waals surface area contributed by atoms with Gasteiger partial charge in [-0.1, -0.05) is 30.3 Å². The molecule has 2 aromatic rings. The van der Waals surface area contributed by atoms with Crippen LogP contribution in [-0.4, -0.2) is 43.5 Å². The maximum atomic E-state index is 13.0. The quantitative estimate of drug-likeness (QED) is 0.831. The van der Waals surface area contributed by atoms with Crippen molar-refractivity contribution in [2.45, 2.75) is 19.0 Å². The number of likely N-dealkylation sites (N-methyl/N-ethyl adjacent to an activating group) is 1. The van der Waals surface area contributed by atoms with Crippen molar-refractivity contribution in [2.24, 2.45) is 0 Å². The first-order valence-corrected chi connectivity index (χ1v) is 8.58. The van der Waals surface area contributed by atoms with Gasteiger partial charge in [-0.2, -0.15) is 5.26 Å². The Balaban J connectivity index is 1.93. The molecule has 5 heteroatoms. The summed E-state index contributed by atoms with van der Waals surface area (Å²) in [4.78, 5) is 16.8. The first-order chi connectivity index (χ1) is 12.5. The van der Waals surface area contributed by atoms with E-state index in [0.717, 1.165) is 22.4 Å². The van der Waals surface area contributed by atoms with Gasteiger partial charge in [0.2, 0.25) is 0 Å². The molecule has 0 saturated carbocycles. The van der Waals surface area contributed by atoms with Crippen LogP contribution in [0.3, 0.4) is 0 Å². The van der Waals surface area contributed by atoms with Gasteiger partial charge in [-0.3, -0.25) is 4.79 Å². The van der Waals surface area contributed by atoms with Gasteiger partial charge < -0.3 is 14.5 Å². The van der Waals surface area contributed by atoms with Crippen molar-refractivity contribution in [1.82, 2.24) is 9.80 Å². The smallest absolute Gasteiger partial charge is 0.255 e. The van der Waals surface area contributed by atoms with Gasteiger partial charge in [-0.15, -0.1) is 0 Å². The summed E-state index contributed by atoms with van der Waals surface area (Å²) < 4.78 is 5.23. The van der Waals surface area contributed by atoms with Crippen molar-refractivity contribution in [1.29, 1.82) is 5.26 Å². The molecule has 0 saturated heterocycles. The fourth-order valence-electron chi connectivity index (χ4n) is 3.55. The number of ether oxygens (including phenoxy) is 1. The maximum Gasteiger partial charge on any atom is 0.255 e. The van der Waals surface area contributed by atoms with E-state index in [1.54, 1.807) is 12.0 Å². The highest BCUT2D eigenvalue weighted by Gasteiger charge is 2.39. The van der Waals surface area contributed by atoms with Crippen LogP contribution in [0.25, 0.3) is 0 Å². The summed E-state index contributed by atoms with van der Waals surface area (Å²) in [5, 5.41) is 9.71. The largest absolute Gasteiger partial charge is 0.497 e. The summed E-state index contributed by atoms with van der Waals surface area (Å²) in [7, 11) is 5.60. The number of nitrogens with zero attached hydrogens (tertiary/aromatic N) is 3. The minimum absolute atomic E-state index is 0.0182. The van der Waals surface area contributed by atoms with E-state index in [1.807, 2.05) is 63.5 Å². The fourth-order valence-corrected chi connectivity index (χ4v) is 3.55. The second-order valence-corrected chi connectivity index (χ2v) is 6.78. The molecular weight excluding hydrogens is 326 g/mol. The molecule has 5 nitrogen and oxygen atoms in total. The molecule has 0 N–H and O–H groups in total. The summed E-state index contributed by atoms with van der Waals surface area (Å²) in [5.74, 6) is 0.728. The predicted octanol–water partition coefficient (Wildman–Crippen LogP) is 3.33. The topological polar surface area (TPSA) is 56.6 Å². The molecule has 2 atom stereocenters. The number of benzene rings is 2. The Morgan fingerprint density at radius 1 is 1.23 bits per heavy atom. The highest BCUT2D eigenvalue weighted by molar-refractivity contribution is 6.01. The average Bonchev–Trinajstić information content (AvgIpc) is 2.92. The number of amides is 1. The molecule has 2 aromatic carbocycles. The lowest BCUT2D eigenvalue weighted by atomic mass is 10.0. The molecular formula is C21H23N3O2. The van der Waals surface area contributed by atoms with Gasteiger partial charge in [0.15, 0.2) is 0 Å². The molecule has 1 aliphatic rings. The lowest BCUT2D eigenvalue weighted by molar-refractivity contribution is 0.0705. The first-order valence-electron chi connectivity index (χ1n) is 8.58. The Labute approximate surface area is 154 Å². The van der Waals surface area contributed by atoms with Crippen LogP contribution in [0.15, 0.2) is 42.5 Å². The molecule has 0 radical (unpaired) electrons. The van der Waals surface area contributed by atoms with Crippen LogP contribution < -0.4 is 4.74 Å². The average molecular weight is 349 g/mol.